The van der Waals surface area contributed by atoms with Crippen LogP contribution in [-0.2, 0) is 0 Å². The Kier molecular flexibility index (Phi) is 5.92. The summed E-state index contributed by atoms with van der Waals surface area (Å²) in [4.78, 5) is 1.35. The van der Waals surface area contributed by atoms with Gasteiger partial charge in [0.05, 0.1) is 9.86 Å². The Balaban J connectivity index is 2.19. The Hall–Kier alpha value is -0.370. The molecule has 4 heteroatoms. The number of hydrogen-bond acceptors (Lipinski definition) is 3. The SMILES string of the molecule is CC(NCCCCC#N)c1ccc(Br)s1. The molecule has 0 spiro atoms. The first kappa shape index (κ1) is 12.7. The zero-order chi connectivity index (χ0) is 11.1. The van der Waals surface area contributed by atoms with Crippen molar-refractivity contribution in [3.63, 3.8) is 0 Å². The number of nitriles is 1. The Bertz CT molecular complexity index is 330. The number of nitrogens with one attached hydrogen (secondary N) is 1. The monoisotopic (exact) mass is 286 g/mol. The number of rotatable bonds is 6. The Labute approximate surface area is 103 Å². The fourth-order valence-corrected chi connectivity index (χ4v) is 2.76. The maximum absolute atomic E-state index is 8.38. The molecular formula is C11H15BrN2S. The second-order valence-corrected chi connectivity index (χ2v) is 5.93. The van der Waals surface area contributed by atoms with Gasteiger partial charge in [-0.15, -0.1) is 11.3 Å². The molecule has 15 heavy (non-hydrogen) atoms. The normalized spacial score (nSPS) is 12.3. The Morgan fingerprint density at radius 2 is 2.33 bits per heavy atom. The van der Waals surface area contributed by atoms with Crippen LogP contribution in [-0.4, -0.2) is 6.54 Å². The van der Waals surface area contributed by atoms with Crippen LogP contribution in [0.15, 0.2) is 15.9 Å². The van der Waals surface area contributed by atoms with Gasteiger partial charge in [-0.05, 0) is 54.4 Å². The van der Waals surface area contributed by atoms with Crippen molar-refractivity contribution in [3.8, 4) is 6.07 Å². The van der Waals surface area contributed by atoms with Gasteiger partial charge in [0.25, 0.3) is 0 Å². The van der Waals surface area contributed by atoms with Crippen LogP contribution in [0.4, 0.5) is 0 Å². The second kappa shape index (κ2) is 7.00. The fraction of sp³-hybridized carbons (Fsp3) is 0.545. The van der Waals surface area contributed by atoms with Crippen molar-refractivity contribution in [2.24, 2.45) is 0 Å². The van der Waals surface area contributed by atoms with Crippen LogP contribution in [0.5, 0.6) is 0 Å². The topological polar surface area (TPSA) is 35.8 Å². The predicted molar refractivity (Wildman–Crippen MR) is 67.9 cm³/mol. The van der Waals surface area contributed by atoms with Crippen molar-refractivity contribution in [3.05, 3.63) is 20.8 Å². The summed E-state index contributed by atoms with van der Waals surface area (Å²) in [6.45, 7) is 3.15. The predicted octanol–water partition coefficient (Wildman–Crippen LogP) is 3.86. The molecule has 1 rings (SSSR count). The van der Waals surface area contributed by atoms with Crippen molar-refractivity contribution < 1.29 is 0 Å². The van der Waals surface area contributed by atoms with E-state index in [1.54, 1.807) is 11.3 Å². The van der Waals surface area contributed by atoms with E-state index in [1.807, 2.05) is 0 Å². The van der Waals surface area contributed by atoms with E-state index in [0.717, 1.165) is 19.4 Å². The van der Waals surface area contributed by atoms with Crippen molar-refractivity contribution in [2.75, 3.05) is 6.54 Å². The maximum atomic E-state index is 8.38. The third-order valence-corrected chi connectivity index (χ3v) is 3.99. The molecule has 0 aliphatic carbocycles. The lowest BCUT2D eigenvalue weighted by Gasteiger charge is -2.11. The molecule has 1 aromatic rings. The van der Waals surface area contributed by atoms with Crippen LogP contribution in [0, 0.1) is 11.3 Å². The number of halogens is 1. The summed E-state index contributed by atoms with van der Waals surface area (Å²) < 4.78 is 1.18. The molecule has 0 bridgehead atoms. The summed E-state index contributed by atoms with van der Waals surface area (Å²) in [5, 5.41) is 11.8. The highest BCUT2D eigenvalue weighted by Crippen LogP contribution is 2.26. The highest BCUT2D eigenvalue weighted by atomic mass is 79.9. The number of thiophene rings is 1. The first-order chi connectivity index (χ1) is 7.24. The average Bonchev–Trinajstić information content (AvgIpc) is 2.64. The number of unbranched alkanes of at least 4 members (excludes halogenated alkanes) is 2. The molecule has 0 aliphatic heterocycles. The number of hydrogen-bond donors (Lipinski definition) is 1. The standard InChI is InChI=1S/C11H15BrN2S/c1-9(10-5-6-11(12)15-10)14-8-4-2-3-7-13/h5-6,9,14H,2-4,8H2,1H3. The van der Waals surface area contributed by atoms with Crippen LogP contribution in [0.1, 0.15) is 37.1 Å². The summed E-state index contributed by atoms with van der Waals surface area (Å²) >= 11 is 5.22. The van der Waals surface area contributed by atoms with Crippen LogP contribution >= 0.6 is 27.3 Å². The first-order valence-corrected chi connectivity index (χ1v) is 6.70. The van der Waals surface area contributed by atoms with E-state index in [9.17, 15) is 0 Å². The molecule has 1 aromatic heterocycles. The summed E-state index contributed by atoms with van der Waals surface area (Å²) in [7, 11) is 0. The molecule has 0 amide bonds. The smallest absolute Gasteiger partial charge is 0.0701 e. The van der Waals surface area contributed by atoms with E-state index < -0.39 is 0 Å². The van der Waals surface area contributed by atoms with Crippen molar-refractivity contribution in [2.45, 2.75) is 32.2 Å². The highest BCUT2D eigenvalue weighted by molar-refractivity contribution is 9.11. The summed E-state index contributed by atoms with van der Waals surface area (Å²) in [6, 6.07) is 6.78. The molecule has 82 valence electrons. The maximum Gasteiger partial charge on any atom is 0.0701 e. The van der Waals surface area contributed by atoms with Crippen LogP contribution in [0.2, 0.25) is 0 Å². The Morgan fingerprint density at radius 3 is 2.93 bits per heavy atom. The minimum atomic E-state index is 0.406. The highest BCUT2D eigenvalue weighted by Gasteiger charge is 2.06. The zero-order valence-corrected chi connectivity index (χ0v) is 11.2. The van der Waals surface area contributed by atoms with Crippen LogP contribution in [0.3, 0.4) is 0 Å². The molecule has 1 atom stereocenters. The lowest BCUT2D eigenvalue weighted by atomic mass is 10.2. The van der Waals surface area contributed by atoms with Crippen molar-refractivity contribution in [1.82, 2.24) is 5.32 Å². The van der Waals surface area contributed by atoms with Crippen LogP contribution < -0.4 is 5.32 Å². The molecule has 1 N–H and O–H groups in total. The Morgan fingerprint density at radius 1 is 1.53 bits per heavy atom. The molecule has 1 unspecified atom stereocenters. The van der Waals surface area contributed by atoms with Gasteiger partial charge in [0, 0.05) is 17.3 Å². The molecular weight excluding hydrogens is 272 g/mol. The van der Waals surface area contributed by atoms with Crippen molar-refractivity contribution >= 4 is 27.3 Å². The minimum absolute atomic E-state index is 0.406. The average molecular weight is 287 g/mol. The lowest BCUT2D eigenvalue weighted by molar-refractivity contribution is 0.555. The molecule has 0 fully saturated rings. The molecule has 0 aromatic carbocycles. The van der Waals surface area contributed by atoms with Gasteiger partial charge in [-0.2, -0.15) is 5.26 Å². The van der Waals surface area contributed by atoms with E-state index in [4.69, 9.17) is 5.26 Å². The van der Waals surface area contributed by atoms with Crippen molar-refractivity contribution in [1.29, 1.82) is 5.26 Å². The third-order valence-electron chi connectivity index (χ3n) is 2.19. The van der Waals surface area contributed by atoms with Gasteiger partial charge in [-0.25, -0.2) is 0 Å². The minimum Gasteiger partial charge on any atom is -0.309 e. The largest absolute Gasteiger partial charge is 0.309 e. The molecule has 0 radical (unpaired) electrons. The van der Waals surface area contributed by atoms with Gasteiger partial charge >= 0.3 is 0 Å². The van der Waals surface area contributed by atoms with E-state index >= 15 is 0 Å². The fourth-order valence-electron chi connectivity index (χ4n) is 1.31. The molecule has 0 aliphatic rings. The summed E-state index contributed by atoms with van der Waals surface area (Å²) in [5.41, 5.74) is 0. The lowest BCUT2D eigenvalue weighted by Crippen LogP contribution is -2.18. The first-order valence-electron chi connectivity index (χ1n) is 5.09. The molecule has 0 saturated heterocycles. The molecule has 2 nitrogen and oxygen atoms in total. The second-order valence-electron chi connectivity index (χ2n) is 3.43. The summed E-state index contributed by atoms with van der Waals surface area (Å²) in [5.74, 6) is 0. The van der Waals surface area contributed by atoms with Gasteiger partial charge in [0.2, 0.25) is 0 Å². The van der Waals surface area contributed by atoms with Gasteiger partial charge in [0.15, 0.2) is 0 Å². The van der Waals surface area contributed by atoms with E-state index in [-0.39, 0.29) is 0 Å². The van der Waals surface area contributed by atoms with Gasteiger partial charge in [-0.1, -0.05) is 0 Å². The zero-order valence-electron chi connectivity index (χ0n) is 8.79. The van der Waals surface area contributed by atoms with E-state index in [1.165, 1.54) is 8.66 Å². The number of nitrogens with zero attached hydrogens (tertiary/aromatic N) is 1. The van der Waals surface area contributed by atoms with E-state index in [0.29, 0.717) is 12.5 Å². The molecule has 1 heterocycles. The van der Waals surface area contributed by atoms with E-state index in [2.05, 4.69) is 46.4 Å². The van der Waals surface area contributed by atoms with Crippen LogP contribution in [0.25, 0.3) is 0 Å². The van der Waals surface area contributed by atoms with Gasteiger partial charge in [0.1, 0.15) is 0 Å². The molecule has 0 saturated carbocycles. The quantitative estimate of drug-likeness (QED) is 0.806. The summed E-state index contributed by atoms with van der Waals surface area (Å²) in [6.07, 6.45) is 2.73. The van der Waals surface area contributed by atoms with Gasteiger partial charge < -0.3 is 5.32 Å². The van der Waals surface area contributed by atoms with Gasteiger partial charge in [-0.3, -0.25) is 0 Å². The third kappa shape index (κ3) is 4.78.